The SMILES string of the molecule is C1CCOC1.CCOC(=O)c1cc(-c2ccccc2)[nH]c1C.CCOC(=O)c1cc(-c2ccccc2)n(C)c1C.Cc1c(C(=O)O)cc(-c2ccccc2)n1C. The number of rotatable bonds is 8. The van der Waals surface area contributed by atoms with Crippen LogP contribution in [0, 0.1) is 20.8 Å². The average molecular weight is 760 g/mol. The van der Waals surface area contributed by atoms with Gasteiger partial charge in [0.1, 0.15) is 0 Å². The Balaban J connectivity index is 0.000000175. The number of aromatic amines is 1. The van der Waals surface area contributed by atoms with Crippen LogP contribution in [0.4, 0.5) is 0 Å². The van der Waals surface area contributed by atoms with Crippen LogP contribution < -0.4 is 0 Å². The monoisotopic (exact) mass is 759 g/mol. The molecule has 0 saturated carbocycles. The molecule has 6 aromatic rings. The van der Waals surface area contributed by atoms with Crippen molar-refractivity contribution in [3.05, 3.63) is 143 Å². The quantitative estimate of drug-likeness (QED) is 0.148. The molecule has 1 saturated heterocycles. The fraction of sp³-hybridized carbons (Fsp3) is 0.283. The van der Waals surface area contributed by atoms with Crippen molar-refractivity contribution in [2.24, 2.45) is 14.1 Å². The zero-order valence-electron chi connectivity index (χ0n) is 33.4. The largest absolute Gasteiger partial charge is 0.478 e. The molecule has 56 heavy (non-hydrogen) atoms. The summed E-state index contributed by atoms with van der Waals surface area (Å²) < 4.78 is 18.9. The van der Waals surface area contributed by atoms with E-state index in [0.29, 0.717) is 29.9 Å². The number of esters is 2. The molecule has 294 valence electrons. The molecule has 0 amide bonds. The van der Waals surface area contributed by atoms with Gasteiger partial charge in [-0.25, -0.2) is 14.4 Å². The molecular formula is C46H53N3O7. The minimum atomic E-state index is -0.879. The van der Waals surface area contributed by atoms with E-state index in [1.54, 1.807) is 13.0 Å². The van der Waals surface area contributed by atoms with E-state index >= 15 is 0 Å². The summed E-state index contributed by atoms with van der Waals surface area (Å²) >= 11 is 0. The van der Waals surface area contributed by atoms with Crippen molar-refractivity contribution in [2.45, 2.75) is 47.5 Å². The fourth-order valence-corrected chi connectivity index (χ4v) is 6.06. The van der Waals surface area contributed by atoms with Crippen molar-refractivity contribution in [1.82, 2.24) is 14.1 Å². The molecule has 3 aromatic heterocycles. The normalized spacial score (nSPS) is 11.6. The first kappa shape index (κ1) is 42.6. The third kappa shape index (κ3) is 11.2. The van der Waals surface area contributed by atoms with Crippen LogP contribution in [0.25, 0.3) is 33.8 Å². The number of aromatic nitrogens is 3. The standard InChI is InChI=1S/C15H17NO2.C14H15NO2.C13H13NO2.C4H8O/c1-4-18-15(17)13-10-14(16(3)11(13)2)12-8-6-5-7-9-12;1-3-17-14(16)12-9-13(15-10(12)2)11-7-5-4-6-8-11;1-9-11(13(15)16)8-12(14(9)2)10-6-4-3-5-7-10;1-2-4-5-3-1/h5-10H,4H2,1-3H3;4-9,15H,3H2,1-2H3;3-8H,1-2H3,(H,15,16);1-4H2. The predicted octanol–water partition coefficient (Wildman–Crippen LogP) is 9.84. The minimum Gasteiger partial charge on any atom is -0.478 e. The number of aromatic carboxylic acids is 1. The lowest BCUT2D eigenvalue weighted by Gasteiger charge is -2.04. The molecule has 10 heteroatoms. The van der Waals surface area contributed by atoms with Gasteiger partial charge in [-0.05, 0) is 82.3 Å². The van der Waals surface area contributed by atoms with E-state index in [-0.39, 0.29) is 11.9 Å². The number of nitrogens with one attached hydrogen (secondary N) is 1. The summed E-state index contributed by atoms with van der Waals surface area (Å²) in [5.74, 6) is -1.41. The van der Waals surface area contributed by atoms with Crippen LogP contribution >= 0.6 is 0 Å². The molecular weight excluding hydrogens is 707 g/mol. The maximum atomic E-state index is 11.8. The maximum Gasteiger partial charge on any atom is 0.339 e. The Bertz CT molecular complexity index is 2150. The Kier molecular flexibility index (Phi) is 16.0. The maximum absolute atomic E-state index is 11.8. The van der Waals surface area contributed by atoms with E-state index in [0.717, 1.165) is 64.1 Å². The van der Waals surface area contributed by atoms with Crippen molar-refractivity contribution in [3.63, 3.8) is 0 Å². The lowest BCUT2D eigenvalue weighted by molar-refractivity contribution is 0.0516. The van der Waals surface area contributed by atoms with Gasteiger partial charge in [-0.1, -0.05) is 91.0 Å². The second-order valence-electron chi connectivity index (χ2n) is 13.1. The van der Waals surface area contributed by atoms with E-state index in [1.807, 2.05) is 154 Å². The molecule has 1 fully saturated rings. The van der Waals surface area contributed by atoms with Crippen molar-refractivity contribution in [1.29, 1.82) is 0 Å². The van der Waals surface area contributed by atoms with Crippen LogP contribution in [0.5, 0.6) is 0 Å². The van der Waals surface area contributed by atoms with Gasteiger partial charge < -0.3 is 33.4 Å². The summed E-state index contributed by atoms with van der Waals surface area (Å²) in [6.45, 7) is 12.0. The molecule has 1 aliphatic heterocycles. The van der Waals surface area contributed by atoms with E-state index in [2.05, 4.69) is 4.98 Å². The zero-order chi connectivity index (χ0) is 40.6. The van der Waals surface area contributed by atoms with Crippen molar-refractivity contribution >= 4 is 17.9 Å². The number of ether oxygens (including phenoxy) is 3. The van der Waals surface area contributed by atoms with Gasteiger partial charge in [-0.2, -0.15) is 0 Å². The molecule has 0 bridgehead atoms. The number of nitrogens with zero attached hydrogens (tertiary/aromatic N) is 2. The van der Waals surface area contributed by atoms with Gasteiger partial charge in [0.15, 0.2) is 0 Å². The summed E-state index contributed by atoms with van der Waals surface area (Å²) in [6.07, 6.45) is 2.56. The van der Waals surface area contributed by atoms with E-state index in [9.17, 15) is 14.4 Å². The predicted molar refractivity (Wildman–Crippen MR) is 221 cm³/mol. The Morgan fingerprint density at radius 1 is 0.625 bits per heavy atom. The smallest absolute Gasteiger partial charge is 0.339 e. The topological polar surface area (TPSA) is 125 Å². The number of hydrogen-bond donors (Lipinski definition) is 2. The highest BCUT2D eigenvalue weighted by Crippen LogP contribution is 2.26. The lowest BCUT2D eigenvalue weighted by Crippen LogP contribution is -2.06. The van der Waals surface area contributed by atoms with Gasteiger partial charge in [0, 0.05) is 61.5 Å². The van der Waals surface area contributed by atoms with E-state index in [4.69, 9.17) is 19.3 Å². The first-order chi connectivity index (χ1) is 27.0. The highest BCUT2D eigenvalue weighted by atomic mass is 16.5. The lowest BCUT2D eigenvalue weighted by atomic mass is 10.1. The number of carbonyl (C=O) groups excluding carboxylic acids is 2. The summed E-state index contributed by atoms with van der Waals surface area (Å²) in [5, 5.41) is 9.04. The molecule has 10 nitrogen and oxygen atoms in total. The Morgan fingerprint density at radius 2 is 1.04 bits per heavy atom. The van der Waals surface area contributed by atoms with Crippen LogP contribution in [-0.2, 0) is 28.3 Å². The highest BCUT2D eigenvalue weighted by Gasteiger charge is 2.18. The third-order valence-electron chi connectivity index (χ3n) is 9.36. The molecule has 0 atom stereocenters. The van der Waals surface area contributed by atoms with Gasteiger partial charge >= 0.3 is 17.9 Å². The van der Waals surface area contributed by atoms with Crippen LogP contribution in [0.15, 0.2) is 109 Å². The molecule has 0 radical (unpaired) electrons. The third-order valence-corrected chi connectivity index (χ3v) is 9.36. The first-order valence-corrected chi connectivity index (χ1v) is 18.8. The van der Waals surface area contributed by atoms with Crippen molar-refractivity contribution in [2.75, 3.05) is 26.4 Å². The van der Waals surface area contributed by atoms with Crippen LogP contribution in [0.3, 0.4) is 0 Å². The number of H-pyrrole nitrogens is 1. The van der Waals surface area contributed by atoms with Crippen LogP contribution in [-0.4, -0.2) is 63.6 Å². The highest BCUT2D eigenvalue weighted by molar-refractivity contribution is 5.93. The molecule has 3 aromatic carbocycles. The second-order valence-corrected chi connectivity index (χ2v) is 13.1. The number of carbonyl (C=O) groups is 3. The van der Waals surface area contributed by atoms with E-state index in [1.165, 1.54) is 12.8 Å². The number of aryl methyl sites for hydroxylation is 1. The van der Waals surface area contributed by atoms with Gasteiger partial charge in [-0.3, -0.25) is 0 Å². The molecule has 1 aliphatic rings. The molecule has 7 rings (SSSR count). The summed E-state index contributed by atoms with van der Waals surface area (Å²) in [7, 11) is 3.84. The first-order valence-electron chi connectivity index (χ1n) is 18.8. The van der Waals surface area contributed by atoms with Gasteiger partial charge in [0.2, 0.25) is 0 Å². The number of carboxylic acids is 1. The zero-order valence-corrected chi connectivity index (χ0v) is 33.4. The molecule has 2 N–H and O–H groups in total. The second kappa shape index (κ2) is 21.1. The molecule has 4 heterocycles. The Hall–Kier alpha value is -6.13. The number of carboxylic acid groups (broad SMARTS) is 1. The molecule has 0 unspecified atom stereocenters. The minimum absolute atomic E-state index is 0.257. The summed E-state index contributed by atoms with van der Waals surface area (Å²) in [4.78, 5) is 37.7. The summed E-state index contributed by atoms with van der Waals surface area (Å²) in [6, 6.07) is 35.1. The fourth-order valence-electron chi connectivity index (χ4n) is 6.06. The van der Waals surface area contributed by atoms with E-state index < -0.39 is 5.97 Å². The van der Waals surface area contributed by atoms with Crippen molar-refractivity contribution in [3.8, 4) is 33.8 Å². The van der Waals surface area contributed by atoms with Gasteiger partial charge in [-0.15, -0.1) is 0 Å². The van der Waals surface area contributed by atoms with Crippen LogP contribution in [0.1, 0.15) is 74.8 Å². The van der Waals surface area contributed by atoms with Crippen molar-refractivity contribution < 1.29 is 33.7 Å². The average Bonchev–Trinajstić information content (AvgIpc) is 4.03. The summed E-state index contributed by atoms with van der Waals surface area (Å²) in [5.41, 5.74) is 10.2. The Morgan fingerprint density at radius 3 is 1.43 bits per heavy atom. The Labute approximate surface area is 329 Å². The number of hydrogen-bond acceptors (Lipinski definition) is 6. The van der Waals surface area contributed by atoms with Gasteiger partial charge in [0.05, 0.1) is 29.9 Å². The van der Waals surface area contributed by atoms with Gasteiger partial charge in [0.25, 0.3) is 0 Å². The van der Waals surface area contributed by atoms with Crippen LogP contribution in [0.2, 0.25) is 0 Å². The number of benzene rings is 3. The molecule has 0 aliphatic carbocycles. The molecule has 0 spiro atoms.